The highest BCUT2D eigenvalue weighted by molar-refractivity contribution is 7.48. The first-order valence-corrected chi connectivity index (χ1v) is 24.1. The number of phosphoric ester groups is 1. The number of cyclic esters (lactones) is 1. The lowest BCUT2D eigenvalue weighted by atomic mass is 9.66. The van der Waals surface area contributed by atoms with Gasteiger partial charge in [0.2, 0.25) is 12.5 Å². The molecule has 21 heteroatoms. The second kappa shape index (κ2) is 20.8. The molecule has 1 aliphatic carbocycles. The van der Waals surface area contributed by atoms with Crippen molar-refractivity contribution in [1.82, 2.24) is 0 Å². The van der Waals surface area contributed by atoms with Crippen LogP contribution in [-0.2, 0) is 74.4 Å². The fraction of sp³-hybridized carbons (Fsp3) is 0.426. The van der Waals surface area contributed by atoms with Crippen molar-refractivity contribution in [3.8, 4) is 28.7 Å². The molecule has 362 valence electrons. The normalized spacial score (nSPS) is 26.9. The maximum absolute atomic E-state index is 14.6. The third-order valence-corrected chi connectivity index (χ3v) is 13.8. The van der Waals surface area contributed by atoms with Crippen LogP contribution >= 0.6 is 31.0 Å². The van der Waals surface area contributed by atoms with Gasteiger partial charge >= 0.3 is 25.7 Å². The fourth-order valence-corrected chi connectivity index (χ4v) is 10.4. The molecule has 5 aliphatic rings. The summed E-state index contributed by atoms with van der Waals surface area (Å²) in [6.45, 7) is 1.26. The molecule has 0 radical (unpaired) electrons. The summed E-state index contributed by atoms with van der Waals surface area (Å²) in [7, 11) is -1.64. The van der Waals surface area contributed by atoms with E-state index in [2.05, 4.69) is 0 Å². The van der Waals surface area contributed by atoms with Crippen LogP contribution in [0.25, 0.3) is 0 Å². The lowest BCUT2D eigenvalue weighted by Gasteiger charge is -2.49. The Kier molecular flexibility index (Phi) is 14.7. The molecule has 3 saturated heterocycles. The molecule has 18 nitrogen and oxygen atoms in total. The van der Waals surface area contributed by atoms with Crippen LogP contribution in [0.4, 0.5) is 0 Å². The zero-order chi connectivity index (χ0) is 47.5. The zero-order valence-electron chi connectivity index (χ0n) is 36.9. The standard InChI is InChI=1S/C47H47Cl2O18P/c1-25-56-23-36-43(62-25)44(64-37(50)18-48)45(65-38(51)19-49)47(63-36)66-41-30-17-33-32(58-24-59-33)16-29(30)39(40-31(41)22-57-46(40)52)28-14-34(54-2)42(35(15-28)55-3)67-68(53,60-20-26-10-6-4-7-11-26)61-21-27-12-8-5-9-13-27/h4-17,25,31,36,39-41,43-45,47H,18-24H2,1-3H3/t25-,31+,36-,39-,40+,41-,43-,44+,45-,47+/m1/s1. The molecule has 0 amide bonds. The zero-order valence-corrected chi connectivity index (χ0v) is 39.3. The van der Waals surface area contributed by atoms with Gasteiger partial charge in [-0.25, -0.2) is 4.57 Å². The van der Waals surface area contributed by atoms with Crippen molar-refractivity contribution in [1.29, 1.82) is 0 Å². The van der Waals surface area contributed by atoms with E-state index in [0.29, 0.717) is 28.2 Å². The molecule has 10 atom stereocenters. The lowest BCUT2D eigenvalue weighted by molar-refractivity contribution is -0.365. The van der Waals surface area contributed by atoms with Crippen LogP contribution < -0.4 is 23.5 Å². The van der Waals surface area contributed by atoms with Gasteiger partial charge in [-0.1, -0.05) is 60.7 Å². The van der Waals surface area contributed by atoms with Crippen LogP contribution in [0.1, 0.15) is 46.8 Å². The van der Waals surface area contributed by atoms with Crippen LogP contribution in [0.5, 0.6) is 28.7 Å². The van der Waals surface area contributed by atoms with Gasteiger partial charge in [-0.05, 0) is 59.0 Å². The van der Waals surface area contributed by atoms with Crippen LogP contribution in [0.15, 0.2) is 84.9 Å². The van der Waals surface area contributed by atoms with Crippen LogP contribution in [0.3, 0.4) is 0 Å². The van der Waals surface area contributed by atoms with Crippen molar-refractivity contribution in [3.63, 3.8) is 0 Å². The number of hydrogen-bond acceptors (Lipinski definition) is 18. The number of fused-ring (bicyclic) bond motifs is 4. The molecule has 0 bridgehead atoms. The minimum absolute atomic E-state index is 0.00356. The van der Waals surface area contributed by atoms with Gasteiger partial charge in [0.15, 0.2) is 47.8 Å². The van der Waals surface area contributed by atoms with Crippen molar-refractivity contribution < 1.29 is 84.6 Å². The molecule has 9 rings (SSSR count). The predicted octanol–water partition coefficient (Wildman–Crippen LogP) is 7.13. The number of carbonyl (C=O) groups excluding carboxylic acids is 3. The molecule has 4 aliphatic heterocycles. The highest BCUT2D eigenvalue weighted by Gasteiger charge is 2.58. The van der Waals surface area contributed by atoms with Crippen molar-refractivity contribution in [2.75, 3.05) is 46.0 Å². The Labute approximate surface area is 400 Å². The molecule has 0 spiro atoms. The molecule has 68 heavy (non-hydrogen) atoms. The highest BCUT2D eigenvalue weighted by Crippen LogP contribution is 2.59. The summed E-state index contributed by atoms with van der Waals surface area (Å²) in [5.41, 5.74) is 3.05. The van der Waals surface area contributed by atoms with Crippen LogP contribution in [-0.4, -0.2) is 101 Å². The lowest BCUT2D eigenvalue weighted by Crippen LogP contribution is -2.65. The molecular formula is C47H47Cl2O18P. The van der Waals surface area contributed by atoms with Gasteiger partial charge in [0.25, 0.3) is 0 Å². The van der Waals surface area contributed by atoms with Gasteiger partial charge in [-0.3, -0.25) is 23.4 Å². The van der Waals surface area contributed by atoms with Gasteiger partial charge < -0.3 is 56.6 Å². The minimum Gasteiger partial charge on any atom is -0.493 e. The topological polar surface area (TPSA) is 197 Å². The van der Waals surface area contributed by atoms with E-state index in [9.17, 15) is 18.9 Å². The average molecular weight is 1000 g/mol. The molecule has 4 aromatic carbocycles. The highest BCUT2D eigenvalue weighted by atomic mass is 35.5. The van der Waals surface area contributed by atoms with Gasteiger partial charge in [0.1, 0.15) is 24.0 Å². The number of rotatable bonds is 17. The summed E-state index contributed by atoms with van der Waals surface area (Å²) < 4.78 is 98.7. The van der Waals surface area contributed by atoms with Crippen molar-refractivity contribution in [3.05, 3.63) is 113 Å². The minimum atomic E-state index is -4.44. The molecule has 4 heterocycles. The van der Waals surface area contributed by atoms with E-state index < -0.39 is 98.3 Å². The van der Waals surface area contributed by atoms with E-state index in [1.165, 1.54) is 14.2 Å². The van der Waals surface area contributed by atoms with Crippen molar-refractivity contribution in [2.45, 2.75) is 69.2 Å². The number of halogens is 2. The van der Waals surface area contributed by atoms with Gasteiger partial charge in [0.05, 0.1) is 52.7 Å². The monoisotopic (exact) mass is 1000 g/mol. The van der Waals surface area contributed by atoms with E-state index in [0.717, 1.165) is 11.1 Å². The van der Waals surface area contributed by atoms with E-state index in [1.54, 1.807) is 31.2 Å². The summed E-state index contributed by atoms with van der Waals surface area (Å²) in [4.78, 5) is 39.9. The summed E-state index contributed by atoms with van der Waals surface area (Å²) in [5, 5.41) is 0. The van der Waals surface area contributed by atoms with E-state index >= 15 is 0 Å². The summed E-state index contributed by atoms with van der Waals surface area (Å²) >= 11 is 11.8. The Morgan fingerprint density at radius 1 is 0.750 bits per heavy atom. The molecule has 0 unspecified atom stereocenters. The number of carbonyl (C=O) groups is 3. The molecular weight excluding hydrogens is 954 g/mol. The number of alkyl halides is 2. The Balaban J connectivity index is 1.10. The van der Waals surface area contributed by atoms with E-state index in [4.69, 9.17) is 88.9 Å². The van der Waals surface area contributed by atoms with Gasteiger partial charge in [-0.2, -0.15) is 0 Å². The Hall–Kier alpha value is -5.14. The molecule has 3 fully saturated rings. The third-order valence-electron chi connectivity index (χ3n) is 12.1. The van der Waals surface area contributed by atoms with E-state index in [-0.39, 0.29) is 50.5 Å². The molecule has 0 saturated carbocycles. The Morgan fingerprint density at radius 2 is 1.34 bits per heavy atom. The first kappa shape index (κ1) is 47.9. The quantitative estimate of drug-likeness (QED) is 0.0448. The summed E-state index contributed by atoms with van der Waals surface area (Å²) in [5.74, 6) is -4.87. The molecule has 0 aromatic heterocycles. The number of esters is 3. The SMILES string of the molecule is COc1cc([C@@H]2c3cc4c(cc3[C@@H](O[C@@H]3O[C@@H]5CO[C@@H](C)O[C@H]5[C@H](OC(=O)CCl)[C@H]3OC(=O)CCl)[C@H]3COC(=O)[C@H]23)OCO4)cc(OC)c1OP(=O)(OCc1ccccc1)OCc1ccccc1. The third kappa shape index (κ3) is 9.97. The van der Waals surface area contributed by atoms with Crippen molar-refractivity contribution >= 4 is 48.9 Å². The number of ether oxygens (including phenoxy) is 11. The first-order chi connectivity index (χ1) is 33.0. The fourth-order valence-electron chi connectivity index (χ4n) is 9.06. The Morgan fingerprint density at radius 3 is 1.93 bits per heavy atom. The number of benzene rings is 4. The molecule has 0 N–H and O–H groups in total. The van der Waals surface area contributed by atoms with Crippen molar-refractivity contribution in [2.24, 2.45) is 11.8 Å². The van der Waals surface area contributed by atoms with Gasteiger partial charge in [0, 0.05) is 11.8 Å². The second-order valence-electron chi connectivity index (χ2n) is 16.2. The van der Waals surface area contributed by atoms with Gasteiger partial charge in [-0.15, -0.1) is 23.2 Å². The summed E-state index contributed by atoms with van der Waals surface area (Å²) in [6.07, 6.45) is -7.74. The smallest absolute Gasteiger partial charge is 0.493 e. The molecule has 4 aromatic rings. The number of methoxy groups -OCH3 is 2. The average Bonchev–Trinajstić information content (AvgIpc) is 3.99. The summed E-state index contributed by atoms with van der Waals surface area (Å²) in [6, 6.07) is 25.0. The predicted molar refractivity (Wildman–Crippen MR) is 237 cm³/mol. The first-order valence-electron chi connectivity index (χ1n) is 21.6. The van der Waals surface area contributed by atoms with Crippen LogP contribution in [0.2, 0.25) is 0 Å². The maximum atomic E-state index is 14.6. The van der Waals surface area contributed by atoms with Crippen LogP contribution in [0, 0.1) is 11.8 Å². The second-order valence-corrected chi connectivity index (χ2v) is 18.3. The number of hydrogen-bond donors (Lipinski definition) is 0. The van der Waals surface area contributed by atoms with E-state index in [1.807, 2.05) is 60.7 Å². The maximum Gasteiger partial charge on any atom is 0.530 e. The largest absolute Gasteiger partial charge is 0.530 e. The Bertz CT molecular complexity index is 2440. The number of phosphoric acid groups is 1.